The van der Waals surface area contributed by atoms with Crippen LogP contribution < -0.4 is 5.32 Å². The normalized spacial score (nSPS) is 14.2. The van der Waals surface area contributed by atoms with Gasteiger partial charge in [-0.15, -0.1) is 0 Å². The van der Waals surface area contributed by atoms with E-state index in [2.05, 4.69) is 9.88 Å². The fourth-order valence-corrected chi connectivity index (χ4v) is 2.66. The maximum absolute atomic E-state index is 12.0. The van der Waals surface area contributed by atoms with Crippen LogP contribution in [0.15, 0.2) is 11.6 Å². The van der Waals surface area contributed by atoms with Gasteiger partial charge in [0.05, 0.1) is 0 Å². The number of esters is 1. The lowest BCUT2D eigenvalue weighted by Crippen LogP contribution is -2.29. The molecule has 0 aliphatic heterocycles. The van der Waals surface area contributed by atoms with Crippen LogP contribution in [-0.4, -0.2) is 29.6 Å². The topological polar surface area (TPSA) is 84.1 Å². The number of ether oxygens (including phenoxy) is 1. The standard InChI is InChI=1S/C18H23N3O3/c1-4-7-20-17(22)11-24-18(23)15(10-19)9-14-8-12(2)21(13(14)3)16-5-6-16/h8-9,16H,4-7,11H2,1-3H3,(H,20,22)/b15-9+. The van der Waals surface area contributed by atoms with E-state index in [1.807, 2.05) is 32.9 Å². The van der Waals surface area contributed by atoms with Crippen LogP contribution in [-0.2, 0) is 14.3 Å². The Kier molecular flexibility index (Phi) is 5.80. The third kappa shape index (κ3) is 4.25. The van der Waals surface area contributed by atoms with Gasteiger partial charge in [-0.2, -0.15) is 5.26 Å². The van der Waals surface area contributed by atoms with Gasteiger partial charge in [-0.25, -0.2) is 4.79 Å². The highest BCUT2D eigenvalue weighted by Gasteiger charge is 2.27. The van der Waals surface area contributed by atoms with Crippen LogP contribution in [0.2, 0.25) is 0 Å². The van der Waals surface area contributed by atoms with Gasteiger partial charge in [0.2, 0.25) is 0 Å². The van der Waals surface area contributed by atoms with Gasteiger partial charge in [-0.3, -0.25) is 4.79 Å². The quantitative estimate of drug-likeness (QED) is 0.473. The molecule has 1 amide bonds. The molecule has 0 unspecified atom stereocenters. The SMILES string of the molecule is CCCNC(=O)COC(=O)/C(C#N)=C/c1cc(C)n(C2CC2)c1C. The first-order chi connectivity index (χ1) is 11.5. The number of nitrogens with zero attached hydrogens (tertiary/aromatic N) is 2. The van der Waals surface area contributed by atoms with Crippen LogP contribution in [0.4, 0.5) is 0 Å². The Morgan fingerprint density at radius 3 is 2.75 bits per heavy atom. The largest absolute Gasteiger partial charge is 0.451 e. The maximum Gasteiger partial charge on any atom is 0.349 e. The molecule has 2 rings (SSSR count). The molecule has 1 saturated carbocycles. The smallest absolute Gasteiger partial charge is 0.349 e. The Morgan fingerprint density at radius 2 is 2.17 bits per heavy atom. The van der Waals surface area contributed by atoms with Gasteiger partial charge in [-0.05, 0) is 50.8 Å². The Balaban J connectivity index is 2.06. The second-order valence-electron chi connectivity index (χ2n) is 6.02. The van der Waals surface area contributed by atoms with Gasteiger partial charge in [0.1, 0.15) is 11.6 Å². The van der Waals surface area contributed by atoms with Crippen molar-refractivity contribution in [3.05, 3.63) is 28.6 Å². The van der Waals surface area contributed by atoms with Gasteiger partial charge in [0, 0.05) is 24.0 Å². The monoisotopic (exact) mass is 329 g/mol. The molecule has 1 heterocycles. The molecule has 24 heavy (non-hydrogen) atoms. The van der Waals surface area contributed by atoms with Gasteiger partial charge in [-0.1, -0.05) is 6.92 Å². The predicted molar refractivity (Wildman–Crippen MR) is 90.0 cm³/mol. The number of nitrogens with one attached hydrogen (secondary N) is 1. The molecule has 1 N–H and O–H groups in total. The van der Waals surface area contributed by atoms with Crippen molar-refractivity contribution in [3.63, 3.8) is 0 Å². The Labute approximate surface area is 142 Å². The van der Waals surface area contributed by atoms with Crippen LogP contribution >= 0.6 is 0 Å². The van der Waals surface area contributed by atoms with E-state index < -0.39 is 5.97 Å². The van der Waals surface area contributed by atoms with E-state index in [1.165, 1.54) is 18.9 Å². The summed E-state index contributed by atoms with van der Waals surface area (Å²) < 4.78 is 7.15. The van der Waals surface area contributed by atoms with E-state index in [-0.39, 0.29) is 18.1 Å². The first kappa shape index (κ1) is 17.8. The number of rotatable bonds is 7. The Hall–Kier alpha value is -2.55. The second-order valence-corrected chi connectivity index (χ2v) is 6.02. The van der Waals surface area contributed by atoms with E-state index >= 15 is 0 Å². The number of amides is 1. The molecule has 1 aliphatic rings. The highest BCUT2D eigenvalue weighted by molar-refractivity contribution is 5.99. The van der Waals surface area contributed by atoms with Gasteiger partial charge in [0.15, 0.2) is 6.61 Å². The predicted octanol–water partition coefficient (Wildman–Crippen LogP) is 2.42. The molecule has 6 heteroatoms. The average Bonchev–Trinajstić information content (AvgIpc) is 3.34. The van der Waals surface area contributed by atoms with Crippen molar-refractivity contribution in [2.75, 3.05) is 13.2 Å². The number of hydrogen-bond acceptors (Lipinski definition) is 4. The van der Waals surface area contributed by atoms with Crippen molar-refractivity contribution in [2.45, 2.75) is 46.1 Å². The third-order valence-corrected chi connectivity index (χ3v) is 3.98. The summed E-state index contributed by atoms with van der Waals surface area (Å²) in [5, 5.41) is 11.8. The van der Waals surface area contributed by atoms with Crippen molar-refractivity contribution in [1.82, 2.24) is 9.88 Å². The summed E-state index contributed by atoms with van der Waals surface area (Å²) >= 11 is 0. The second kappa shape index (κ2) is 7.82. The first-order valence-electron chi connectivity index (χ1n) is 8.22. The van der Waals surface area contributed by atoms with Crippen molar-refractivity contribution in [3.8, 4) is 6.07 Å². The van der Waals surface area contributed by atoms with Crippen molar-refractivity contribution in [2.24, 2.45) is 0 Å². The molecule has 128 valence electrons. The number of carbonyl (C=O) groups is 2. The summed E-state index contributed by atoms with van der Waals surface area (Å²) in [6.45, 7) is 6.09. The number of nitriles is 1. The number of aryl methyl sites for hydroxylation is 1. The summed E-state index contributed by atoms with van der Waals surface area (Å²) in [6, 6.07) is 4.36. The average molecular weight is 329 g/mol. The first-order valence-corrected chi connectivity index (χ1v) is 8.22. The zero-order chi connectivity index (χ0) is 17.7. The molecule has 1 aromatic rings. The summed E-state index contributed by atoms with van der Waals surface area (Å²) in [5.74, 6) is -1.14. The van der Waals surface area contributed by atoms with E-state index in [0.717, 1.165) is 23.4 Å². The summed E-state index contributed by atoms with van der Waals surface area (Å²) in [6.07, 6.45) is 4.67. The molecule has 1 fully saturated rings. The lowest BCUT2D eigenvalue weighted by molar-refractivity contribution is -0.144. The van der Waals surface area contributed by atoms with Crippen LogP contribution in [0.3, 0.4) is 0 Å². The summed E-state index contributed by atoms with van der Waals surface area (Å²) in [5.41, 5.74) is 2.89. The minimum atomic E-state index is -0.777. The molecule has 0 saturated heterocycles. The van der Waals surface area contributed by atoms with Gasteiger partial charge in [0.25, 0.3) is 5.91 Å². The number of hydrogen-bond donors (Lipinski definition) is 1. The molecule has 0 bridgehead atoms. The highest BCUT2D eigenvalue weighted by Crippen LogP contribution is 2.38. The molecule has 0 spiro atoms. The minimum Gasteiger partial charge on any atom is -0.451 e. The van der Waals surface area contributed by atoms with E-state index in [4.69, 9.17) is 4.74 Å². The zero-order valence-corrected chi connectivity index (χ0v) is 14.4. The van der Waals surface area contributed by atoms with Crippen molar-refractivity contribution in [1.29, 1.82) is 5.26 Å². The fraction of sp³-hybridized carbons (Fsp3) is 0.500. The van der Waals surface area contributed by atoms with Crippen LogP contribution in [0.1, 0.15) is 49.2 Å². The third-order valence-electron chi connectivity index (χ3n) is 3.98. The highest BCUT2D eigenvalue weighted by atomic mass is 16.5. The number of carbonyl (C=O) groups excluding carboxylic acids is 2. The summed E-state index contributed by atoms with van der Waals surface area (Å²) in [4.78, 5) is 23.5. The lowest BCUT2D eigenvalue weighted by Gasteiger charge is -2.07. The Bertz CT molecular complexity index is 706. The van der Waals surface area contributed by atoms with Crippen molar-refractivity contribution >= 4 is 18.0 Å². The van der Waals surface area contributed by atoms with E-state index in [9.17, 15) is 14.9 Å². The molecule has 6 nitrogen and oxygen atoms in total. The summed E-state index contributed by atoms with van der Waals surface area (Å²) in [7, 11) is 0. The maximum atomic E-state index is 12.0. The van der Waals surface area contributed by atoms with Crippen LogP contribution in [0, 0.1) is 25.2 Å². The molecular formula is C18H23N3O3. The fourth-order valence-electron chi connectivity index (χ4n) is 2.66. The molecule has 0 aromatic carbocycles. The molecule has 1 aromatic heterocycles. The van der Waals surface area contributed by atoms with Gasteiger partial charge >= 0.3 is 5.97 Å². The number of aromatic nitrogens is 1. The molecule has 0 atom stereocenters. The lowest BCUT2D eigenvalue weighted by atomic mass is 10.1. The van der Waals surface area contributed by atoms with E-state index in [1.54, 1.807) is 0 Å². The minimum absolute atomic E-state index is 0.102. The Morgan fingerprint density at radius 1 is 1.46 bits per heavy atom. The van der Waals surface area contributed by atoms with Crippen molar-refractivity contribution < 1.29 is 14.3 Å². The van der Waals surface area contributed by atoms with Gasteiger partial charge < -0.3 is 14.6 Å². The molecular weight excluding hydrogens is 306 g/mol. The van der Waals surface area contributed by atoms with E-state index in [0.29, 0.717) is 12.6 Å². The molecule has 0 radical (unpaired) electrons. The zero-order valence-electron chi connectivity index (χ0n) is 14.4. The van der Waals surface area contributed by atoms with Crippen LogP contribution in [0.25, 0.3) is 6.08 Å². The molecule has 1 aliphatic carbocycles. The van der Waals surface area contributed by atoms with Crippen LogP contribution in [0.5, 0.6) is 0 Å².